The molecule has 3 aromatic rings. The third-order valence-electron chi connectivity index (χ3n) is 6.40. The predicted molar refractivity (Wildman–Crippen MR) is 139 cm³/mol. The van der Waals surface area contributed by atoms with Crippen molar-refractivity contribution >= 4 is 23.5 Å². The SMILES string of the molecule is COc1ccc(CCN(CC(=O)O)C(=O)Cc2ccc3c(c2)C[C@](C)(Cc2ccc(Cl)cc2)O3)cc1. The molecule has 6 nitrogen and oxygen atoms in total. The Morgan fingerprint density at radius 3 is 2.36 bits per heavy atom. The number of ether oxygens (including phenoxy) is 2. The smallest absolute Gasteiger partial charge is 0.323 e. The molecule has 1 N–H and O–H groups in total. The Morgan fingerprint density at radius 1 is 1.03 bits per heavy atom. The van der Waals surface area contributed by atoms with Crippen molar-refractivity contribution in [3.8, 4) is 11.5 Å². The highest BCUT2D eigenvalue weighted by atomic mass is 35.5. The van der Waals surface area contributed by atoms with Gasteiger partial charge in [-0.25, -0.2) is 0 Å². The molecule has 0 fully saturated rings. The standard InChI is InChI=1S/C29H30ClNO5/c1-29(17-21-3-8-24(30)9-4-21)18-23-15-22(7-12-26(23)36-29)16-27(32)31(19-28(33)34)14-13-20-5-10-25(35-2)11-6-20/h3-12,15H,13-14,16-19H2,1-2H3,(H,33,34)/t29-/m0/s1. The van der Waals surface area contributed by atoms with Gasteiger partial charge in [-0.2, -0.15) is 0 Å². The lowest BCUT2D eigenvalue weighted by atomic mass is 9.91. The van der Waals surface area contributed by atoms with Crippen molar-refractivity contribution in [3.63, 3.8) is 0 Å². The van der Waals surface area contributed by atoms with Gasteiger partial charge in [-0.3, -0.25) is 9.59 Å². The average molecular weight is 508 g/mol. The van der Waals surface area contributed by atoms with Gasteiger partial charge >= 0.3 is 5.97 Å². The van der Waals surface area contributed by atoms with E-state index >= 15 is 0 Å². The van der Waals surface area contributed by atoms with Crippen LogP contribution >= 0.6 is 11.6 Å². The van der Waals surface area contributed by atoms with E-state index in [1.165, 1.54) is 4.90 Å². The number of halogens is 1. The molecule has 1 aliphatic heterocycles. The molecule has 0 spiro atoms. The monoisotopic (exact) mass is 507 g/mol. The topological polar surface area (TPSA) is 76.1 Å². The Bertz CT molecular complexity index is 1230. The maximum absolute atomic E-state index is 13.1. The maximum Gasteiger partial charge on any atom is 0.323 e. The summed E-state index contributed by atoms with van der Waals surface area (Å²) in [5.41, 5.74) is 3.67. The van der Waals surface area contributed by atoms with E-state index in [1.807, 2.05) is 66.7 Å². The van der Waals surface area contributed by atoms with Crippen LogP contribution < -0.4 is 9.47 Å². The number of benzene rings is 3. The van der Waals surface area contributed by atoms with Crippen molar-refractivity contribution in [2.24, 2.45) is 0 Å². The zero-order valence-corrected chi connectivity index (χ0v) is 21.3. The molecule has 0 saturated heterocycles. The number of carbonyl (C=O) groups is 2. The zero-order chi connectivity index (χ0) is 25.7. The summed E-state index contributed by atoms with van der Waals surface area (Å²) in [7, 11) is 1.60. The highest BCUT2D eigenvalue weighted by molar-refractivity contribution is 6.30. The summed E-state index contributed by atoms with van der Waals surface area (Å²) in [6.07, 6.45) is 2.16. The highest BCUT2D eigenvalue weighted by Crippen LogP contribution is 2.37. The number of hydrogen-bond donors (Lipinski definition) is 1. The van der Waals surface area contributed by atoms with Crippen LogP contribution in [0.3, 0.4) is 0 Å². The molecule has 0 unspecified atom stereocenters. The number of carboxylic acids is 1. The minimum atomic E-state index is -1.03. The van der Waals surface area contributed by atoms with Gasteiger partial charge in [-0.15, -0.1) is 0 Å². The molecule has 188 valence electrons. The first-order valence-corrected chi connectivity index (χ1v) is 12.3. The first kappa shape index (κ1) is 25.6. The molecule has 1 aliphatic rings. The number of carbonyl (C=O) groups excluding carboxylic acids is 1. The molecule has 1 heterocycles. The summed E-state index contributed by atoms with van der Waals surface area (Å²) in [6.45, 7) is 2.08. The summed E-state index contributed by atoms with van der Waals surface area (Å²) in [5.74, 6) is 0.332. The molecule has 0 radical (unpaired) electrons. The Kier molecular flexibility index (Phi) is 7.85. The molecule has 0 aromatic heterocycles. The summed E-state index contributed by atoms with van der Waals surface area (Å²) < 4.78 is 11.5. The Labute approximate surface area is 216 Å². The van der Waals surface area contributed by atoms with Gasteiger partial charge in [-0.05, 0) is 65.9 Å². The van der Waals surface area contributed by atoms with Crippen LogP contribution in [0.2, 0.25) is 5.02 Å². The second-order valence-corrected chi connectivity index (χ2v) is 9.89. The van der Waals surface area contributed by atoms with Gasteiger partial charge in [0.15, 0.2) is 0 Å². The van der Waals surface area contributed by atoms with Crippen molar-refractivity contribution in [1.29, 1.82) is 0 Å². The number of nitrogens with zero attached hydrogens (tertiary/aromatic N) is 1. The van der Waals surface area contributed by atoms with Crippen LogP contribution in [0.1, 0.15) is 29.2 Å². The summed E-state index contributed by atoms with van der Waals surface area (Å²) in [6, 6.07) is 21.1. The number of aliphatic carboxylic acids is 1. The number of rotatable bonds is 10. The van der Waals surface area contributed by atoms with Gasteiger partial charge in [0.05, 0.1) is 13.5 Å². The summed E-state index contributed by atoms with van der Waals surface area (Å²) in [5, 5.41) is 10.1. The molecule has 1 amide bonds. The van der Waals surface area contributed by atoms with E-state index < -0.39 is 5.97 Å². The van der Waals surface area contributed by atoms with Crippen LogP contribution in [-0.2, 0) is 35.3 Å². The summed E-state index contributed by atoms with van der Waals surface area (Å²) >= 11 is 6.01. The largest absolute Gasteiger partial charge is 0.497 e. The van der Waals surface area contributed by atoms with Crippen LogP contribution in [0.15, 0.2) is 66.7 Å². The minimum absolute atomic E-state index is 0.136. The highest BCUT2D eigenvalue weighted by Gasteiger charge is 2.35. The van der Waals surface area contributed by atoms with Crippen molar-refractivity contribution in [2.45, 2.75) is 38.2 Å². The molecule has 0 saturated carbocycles. The van der Waals surface area contributed by atoms with E-state index in [0.29, 0.717) is 18.0 Å². The predicted octanol–water partition coefficient (Wildman–Crippen LogP) is 4.98. The molecule has 1 atom stereocenters. The van der Waals surface area contributed by atoms with E-state index in [1.54, 1.807) is 7.11 Å². The van der Waals surface area contributed by atoms with Gasteiger partial charge < -0.3 is 19.5 Å². The molecule has 36 heavy (non-hydrogen) atoms. The second-order valence-electron chi connectivity index (χ2n) is 9.46. The maximum atomic E-state index is 13.1. The van der Waals surface area contributed by atoms with E-state index in [4.69, 9.17) is 21.1 Å². The Morgan fingerprint density at radius 2 is 1.69 bits per heavy atom. The normalized spacial score (nSPS) is 16.2. The molecular weight excluding hydrogens is 478 g/mol. The first-order valence-electron chi connectivity index (χ1n) is 11.9. The minimum Gasteiger partial charge on any atom is -0.497 e. The molecule has 0 bridgehead atoms. The molecular formula is C29H30ClNO5. The van der Waals surface area contributed by atoms with Crippen LogP contribution in [0.5, 0.6) is 11.5 Å². The fraction of sp³-hybridized carbons (Fsp3) is 0.310. The van der Waals surface area contributed by atoms with Gasteiger partial charge in [0.25, 0.3) is 0 Å². The number of hydrogen-bond acceptors (Lipinski definition) is 4. The zero-order valence-electron chi connectivity index (χ0n) is 20.5. The molecule has 3 aromatic carbocycles. The quantitative estimate of drug-likeness (QED) is 0.418. The summed E-state index contributed by atoms with van der Waals surface area (Å²) in [4.78, 5) is 25.9. The van der Waals surface area contributed by atoms with Crippen molar-refractivity contribution < 1.29 is 24.2 Å². The fourth-order valence-corrected chi connectivity index (χ4v) is 4.74. The molecule has 0 aliphatic carbocycles. The lowest BCUT2D eigenvalue weighted by Gasteiger charge is -2.24. The Balaban J connectivity index is 1.40. The van der Waals surface area contributed by atoms with Gasteiger partial charge in [0.2, 0.25) is 5.91 Å². The third-order valence-corrected chi connectivity index (χ3v) is 6.65. The van der Waals surface area contributed by atoms with Crippen LogP contribution in [0.4, 0.5) is 0 Å². The van der Waals surface area contributed by atoms with Crippen molar-refractivity contribution in [1.82, 2.24) is 4.90 Å². The number of amides is 1. The van der Waals surface area contributed by atoms with Gasteiger partial charge in [-0.1, -0.05) is 48.0 Å². The molecule has 7 heteroatoms. The van der Waals surface area contributed by atoms with E-state index in [2.05, 4.69) is 6.92 Å². The van der Waals surface area contributed by atoms with Crippen LogP contribution in [0.25, 0.3) is 0 Å². The number of fused-ring (bicyclic) bond motifs is 1. The van der Waals surface area contributed by atoms with Crippen LogP contribution in [0, 0.1) is 0 Å². The first-order chi connectivity index (χ1) is 17.2. The molecule has 4 rings (SSSR count). The number of methoxy groups -OCH3 is 1. The van der Waals surface area contributed by atoms with E-state index in [-0.39, 0.29) is 24.5 Å². The second kappa shape index (κ2) is 11.0. The average Bonchev–Trinajstić information content (AvgIpc) is 3.18. The third kappa shape index (κ3) is 6.58. The lowest BCUT2D eigenvalue weighted by Crippen LogP contribution is -2.38. The van der Waals surface area contributed by atoms with Gasteiger partial charge in [0, 0.05) is 24.4 Å². The van der Waals surface area contributed by atoms with Crippen LogP contribution in [-0.4, -0.2) is 47.7 Å². The number of carboxylic acid groups (broad SMARTS) is 1. The van der Waals surface area contributed by atoms with E-state index in [9.17, 15) is 14.7 Å². The van der Waals surface area contributed by atoms with Crippen molar-refractivity contribution in [3.05, 3.63) is 94.0 Å². The fourth-order valence-electron chi connectivity index (χ4n) is 4.62. The van der Waals surface area contributed by atoms with E-state index in [0.717, 1.165) is 46.6 Å². The Hall–Kier alpha value is -3.51. The lowest BCUT2D eigenvalue weighted by molar-refractivity contribution is -0.144. The van der Waals surface area contributed by atoms with Crippen molar-refractivity contribution in [2.75, 3.05) is 20.2 Å². The van der Waals surface area contributed by atoms with Gasteiger partial charge in [0.1, 0.15) is 23.6 Å².